The van der Waals surface area contributed by atoms with E-state index in [1.54, 1.807) is 6.08 Å². The quantitative estimate of drug-likeness (QED) is 0.395. The fraction of sp³-hybridized carbons (Fsp3) is 0.286. The van der Waals surface area contributed by atoms with Gasteiger partial charge in [0.1, 0.15) is 0 Å². The summed E-state index contributed by atoms with van der Waals surface area (Å²) in [6.07, 6.45) is 3.77. The lowest BCUT2D eigenvalue weighted by Gasteiger charge is -2.32. The van der Waals surface area contributed by atoms with Gasteiger partial charge in [0.15, 0.2) is 0 Å². The zero-order valence-corrected chi connectivity index (χ0v) is 9.69. The van der Waals surface area contributed by atoms with Crippen molar-refractivity contribution in [1.29, 1.82) is 0 Å². The van der Waals surface area contributed by atoms with Crippen molar-refractivity contribution in [2.45, 2.75) is 19.1 Å². The second kappa shape index (κ2) is 6.13. The van der Waals surface area contributed by atoms with Crippen molar-refractivity contribution in [2.24, 2.45) is 0 Å². The molecule has 0 saturated heterocycles. The van der Waals surface area contributed by atoms with E-state index < -0.39 is 5.79 Å². The highest BCUT2D eigenvalue weighted by molar-refractivity contribution is 5.21. The molecule has 1 atom stereocenters. The minimum Gasteiger partial charge on any atom is -0.466 e. The predicted molar refractivity (Wildman–Crippen MR) is 65.8 cm³/mol. The molecule has 1 aromatic rings. The van der Waals surface area contributed by atoms with Gasteiger partial charge in [0.2, 0.25) is 5.79 Å². The van der Waals surface area contributed by atoms with Crippen molar-refractivity contribution in [3.63, 3.8) is 0 Å². The van der Waals surface area contributed by atoms with Gasteiger partial charge < -0.3 is 9.47 Å². The van der Waals surface area contributed by atoms with Gasteiger partial charge in [0, 0.05) is 18.6 Å². The standard InChI is InChI=1S/C14H18O2/c1-4-12-14(15-5-2,16-6-3)13-10-8-7-9-11-13/h4-5,7-11H,1-2,6,12H2,3H3. The molecule has 0 radical (unpaired) electrons. The lowest BCUT2D eigenvalue weighted by atomic mass is 10.0. The molecular formula is C14H18O2. The van der Waals surface area contributed by atoms with E-state index in [4.69, 9.17) is 9.47 Å². The molecule has 1 rings (SSSR count). The van der Waals surface area contributed by atoms with E-state index in [-0.39, 0.29) is 0 Å². The summed E-state index contributed by atoms with van der Waals surface area (Å²) in [6, 6.07) is 9.82. The van der Waals surface area contributed by atoms with E-state index in [2.05, 4.69) is 13.2 Å². The smallest absolute Gasteiger partial charge is 0.239 e. The Morgan fingerprint density at radius 1 is 1.25 bits per heavy atom. The Kier molecular flexibility index (Phi) is 4.80. The average molecular weight is 218 g/mol. The van der Waals surface area contributed by atoms with Crippen LogP contribution in [0.25, 0.3) is 0 Å². The van der Waals surface area contributed by atoms with Crippen LogP contribution in [0.1, 0.15) is 18.9 Å². The number of rotatable bonds is 7. The first-order valence-electron chi connectivity index (χ1n) is 5.38. The molecule has 0 amide bonds. The summed E-state index contributed by atoms with van der Waals surface area (Å²) in [5.74, 6) is -0.792. The fourth-order valence-corrected chi connectivity index (χ4v) is 1.66. The second-order valence-electron chi connectivity index (χ2n) is 3.33. The normalized spacial score (nSPS) is 13.8. The van der Waals surface area contributed by atoms with Crippen LogP contribution in [0.3, 0.4) is 0 Å². The Labute approximate surface area is 97.2 Å². The Morgan fingerprint density at radius 3 is 2.44 bits per heavy atom. The molecule has 0 heterocycles. The summed E-state index contributed by atoms with van der Waals surface area (Å²) in [6.45, 7) is 9.84. The summed E-state index contributed by atoms with van der Waals surface area (Å²) in [5, 5.41) is 0. The van der Waals surface area contributed by atoms with Gasteiger partial charge in [0.25, 0.3) is 0 Å². The summed E-state index contributed by atoms with van der Waals surface area (Å²) in [4.78, 5) is 0. The Balaban J connectivity index is 3.08. The third-order valence-corrected chi connectivity index (χ3v) is 2.28. The lowest BCUT2D eigenvalue weighted by Crippen LogP contribution is -2.31. The topological polar surface area (TPSA) is 18.5 Å². The van der Waals surface area contributed by atoms with E-state index >= 15 is 0 Å². The average Bonchev–Trinajstić information content (AvgIpc) is 2.31. The van der Waals surface area contributed by atoms with Crippen LogP contribution in [-0.4, -0.2) is 6.61 Å². The van der Waals surface area contributed by atoms with Crippen LogP contribution in [0.2, 0.25) is 0 Å². The van der Waals surface area contributed by atoms with Crippen molar-refractivity contribution >= 4 is 0 Å². The first-order chi connectivity index (χ1) is 7.79. The molecule has 0 fully saturated rings. The van der Waals surface area contributed by atoms with Crippen LogP contribution < -0.4 is 0 Å². The fourth-order valence-electron chi connectivity index (χ4n) is 1.66. The molecule has 0 N–H and O–H groups in total. The number of hydrogen-bond acceptors (Lipinski definition) is 2. The molecular weight excluding hydrogens is 200 g/mol. The van der Waals surface area contributed by atoms with Gasteiger partial charge >= 0.3 is 0 Å². The molecule has 0 aliphatic rings. The number of ether oxygens (including phenoxy) is 2. The molecule has 0 saturated carbocycles. The molecule has 0 spiro atoms. The summed E-state index contributed by atoms with van der Waals surface area (Å²) in [5.41, 5.74) is 0.969. The number of benzene rings is 1. The van der Waals surface area contributed by atoms with Crippen molar-refractivity contribution in [3.8, 4) is 0 Å². The monoisotopic (exact) mass is 218 g/mol. The van der Waals surface area contributed by atoms with Crippen LogP contribution >= 0.6 is 0 Å². The molecule has 2 nitrogen and oxygen atoms in total. The van der Waals surface area contributed by atoms with Crippen molar-refractivity contribution in [1.82, 2.24) is 0 Å². The van der Waals surface area contributed by atoms with E-state index in [9.17, 15) is 0 Å². The molecule has 1 unspecified atom stereocenters. The molecule has 0 aliphatic carbocycles. The van der Waals surface area contributed by atoms with Crippen LogP contribution in [0.5, 0.6) is 0 Å². The first kappa shape index (κ1) is 12.5. The van der Waals surface area contributed by atoms with Gasteiger partial charge in [-0.1, -0.05) is 43.0 Å². The summed E-state index contributed by atoms with van der Waals surface area (Å²) >= 11 is 0. The Hall–Kier alpha value is -1.54. The highest BCUT2D eigenvalue weighted by Crippen LogP contribution is 2.31. The Morgan fingerprint density at radius 2 is 1.94 bits per heavy atom. The largest absolute Gasteiger partial charge is 0.466 e. The van der Waals surface area contributed by atoms with Crippen LogP contribution in [-0.2, 0) is 15.3 Å². The lowest BCUT2D eigenvalue weighted by molar-refractivity contribution is -0.211. The maximum absolute atomic E-state index is 5.73. The van der Waals surface area contributed by atoms with Gasteiger partial charge in [0.05, 0.1) is 6.26 Å². The summed E-state index contributed by atoms with van der Waals surface area (Å²) < 4.78 is 11.3. The number of hydrogen-bond donors (Lipinski definition) is 0. The molecule has 2 heteroatoms. The van der Waals surface area contributed by atoms with Gasteiger partial charge in [-0.3, -0.25) is 0 Å². The van der Waals surface area contributed by atoms with Crippen molar-refractivity contribution in [2.75, 3.05) is 6.61 Å². The van der Waals surface area contributed by atoms with Crippen molar-refractivity contribution < 1.29 is 9.47 Å². The third kappa shape index (κ3) is 2.74. The SMILES string of the molecule is C=CCC(OC=C)(OCC)c1ccccc1. The predicted octanol–water partition coefficient (Wildman–Crippen LogP) is 3.61. The molecule has 0 aliphatic heterocycles. The molecule has 86 valence electrons. The van der Waals surface area contributed by atoms with E-state index in [0.29, 0.717) is 13.0 Å². The molecule has 0 aromatic heterocycles. The van der Waals surface area contributed by atoms with Gasteiger partial charge in [-0.2, -0.15) is 0 Å². The van der Waals surface area contributed by atoms with Gasteiger partial charge in [-0.25, -0.2) is 0 Å². The van der Waals surface area contributed by atoms with E-state index in [1.165, 1.54) is 6.26 Å². The highest BCUT2D eigenvalue weighted by atomic mass is 16.7. The molecule has 0 bridgehead atoms. The second-order valence-corrected chi connectivity index (χ2v) is 3.33. The zero-order chi connectivity index (χ0) is 11.9. The minimum atomic E-state index is -0.792. The molecule has 16 heavy (non-hydrogen) atoms. The van der Waals surface area contributed by atoms with E-state index in [0.717, 1.165) is 5.56 Å². The summed E-state index contributed by atoms with van der Waals surface area (Å²) in [7, 11) is 0. The van der Waals surface area contributed by atoms with Gasteiger partial charge in [-0.15, -0.1) is 6.58 Å². The third-order valence-electron chi connectivity index (χ3n) is 2.28. The zero-order valence-electron chi connectivity index (χ0n) is 9.69. The van der Waals surface area contributed by atoms with Crippen LogP contribution in [0, 0.1) is 0 Å². The van der Waals surface area contributed by atoms with E-state index in [1.807, 2.05) is 37.3 Å². The van der Waals surface area contributed by atoms with Crippen LogP contribution in [0.15, 0.2) is 55.8 Å². The van der Waals surface area contributed by atoms with Crippen LogP contribution in [0.4, 0.5) is 0 Å². The minimum absolute atomic E-state index is 0.566. The molecule has 1 aromatic carbocycles. The first-order valence-corrected chi connectivity index (χ1v) is 5.38. The Bertz CT molecular complexity index is 320. The highest BCUT2D eigenvalue weighted by Gasteiger charge is 2.32. The maximum Gasteiger partial charge on any atom is 0.239 e. The van der Waals surface area contributed by atoms with Crippen molar-refractivity contribution in [3.05, 3.63) is 61.4 Å². The van der Waals surface area contributed by atoms with Gasteiger partial charge in [-0.05, 0) is 6.92 Å². The maximum atomic E-state index is 5.73.